The molecule has 0 spiro atoms. The molecule has 3 saturated heterocycles. The van der Waals surface area contributed by atoms with E-state index in [1.165, 1.54) is 29.2 Å². The van der Waals surface area contributed by atoms with E-state index in [4.69, 9.17) is 4.74 Å². The van der Waals surface area contributed by atoms with E-state index in [9.17, 15) is 61.5 Å². The molecule has 22 heteroatoms. The van der Waals surface area contributed by atoms with Gasteiger partial charge in [0.05, 0.1) is 22.1 Å². The molecule has 5 heterocycles. The van der Waals surface area contributed by atoms with E-state index in [0.29, 0.717) is 49.2 Å². The first-order valence-electron chi connectivity index (χ1n) is 25.2. The monoisotopic (exact) mass is 1080 g/mol. The summed E-state index contributed by atoms with van der Waals surface area (Å²) in [5.74, 6) is 1.89. The molecule has 1 aromatic heterocycles. The van der Waals surface area contributed by atoms with Gasteiger partial charge in [0.15, 0.2) is 0 Å². The topological polar surface area (TPSA) is 249 Å². The molecule has 0 saturated carbocycles. The maximum atomic E-state index is 14.8. The fourth-order valence-corrected chi connectivity index (χ4v) is 11.4. The zero-order valence-electron chi connectivity index (χ0n) is 42.1. The summed E-state index contributed by atoms with van der Waals surface area (Å²) in [4.78, 5) is 129. The molecule has 8 amide bonds. The Bertz CT molecular complexity index is 3070. The third-order valence-corrected chi connectivity index (χ3v) is 16.2. The molecular weight excluding hydrogens is 1030 g/mol. The first kappa shape index (κ1) is 55.5. The van der Waals surface area contributed by atoms with Gasteiger partial charge in [-0.15, -0.1) is 11.3 Å². The van der Waals surface area contributed by atoms with Gasteiger partial charge in [0.2, 0.25) is 29.5 Å². The Morgan fingerprint density at radius 1 is 0.921 bits per heavy atom. The second kappa shape index (κ2) is 22.9. The van der Waals surface area contributed by atoms with E-state index in [1.54, 1.807) is 31.7 Å². The predicted octanol–water partition coefficient (Wildman–Crippen LogP) is 5.79. The van der Waals surface area contributed by atoms with Crippen molar-refractivity contribution < 1.29 is 66.2 Å². The first-order chi connectivity index (χ1) is 36.0. The quantitative estimate of drug-likeness (QED) is 0.0387. The van der Waals surface area contributed by atoms with E-state index >= 15 is 0 Å². The van der Waals surface area contributed by atoms with Crippen LogP contribution in [0.15, 0.2) is 72.8 Å². The van der Waals surface area contributed by atoms with Gasteiger partial charge in [0, 0.05) is 67.2 Å². The maximum Gasteiger partial charge on any atom is 0.399 e. The van der Waals surface area contributed by atoms with Gasteiger partial charge in [-0.2, -0.15) is 8.78 Å². The number of fused-ring (bicyclic) bond motifs is 2. The molecule has 0 radical (unpaired) electrons. The van der Waals surface area contributed by atoms with Gasteiger partial charge < -0.3 is 35.0 Å². The Hall–Kier alpha value is -6.69. The molecule has 5 atom stereocenters. The average Bonchev–Trinajstić information content (AvgIpc) is 4.09. The van der Waals surface area contributed by atoms with Crippen LogP contribution in [0.4, 0.5) is 8.78 Å². The Balaban J connectivity index is 0.861. The van der Waals surface area contributed by atoms with Crippen molar-refractivity contribution in [2.45, 2.75) is 114 Å². The maximum absolute atomic E-state index is 14.8. The number of imide groups is 2. The summed E-state index contributed by atoms with van der Waals surface area (Å²) in [6.45, 7) is 6.11. The molecule has 8 rings (SSSR count). The summed E-state index contributed by atoms with van der Waals surface area (Å²) in [6.07, 6.45) is 3.66. The Morgan fingerprint density at radius 3 is 2.39 bits per heavy atom. The van der Waals surface area contributed by atoms with Crippen LogP contribution in [0.3, 0.4) is 0 Å². The van der Waals surface area contributed by atoms with Gasteiger partial charge in [-0.3, -0.25) is 53.1 Å². The Kier molecular flexibility index (Phi) is 16.7. The van der Waals surface area contributed by atoms with Crippen LogP contribution >= 0.6 is 18.9 Å². The number of nitrogens with one attached hydrogen (secondary N) is 3. The molecule has 0 aliphatic carbocycles. The van der Waals surface area contributed by atoms with Crippen molar-refractivity contribution >= 4 is 76.3 Å². The van der Waals surface area contributed by atoms with Gasteiger partial charge in [-0.05, 0) is 84.9 Å². The van der Waals surface area contributed by atoms with Crippen molar-refractivity contribution in [3.05, 3.63) is 105 Å². The number of carbonyl (C=O) groups excluding carboxylic acids is 8. The SMILES string of the molecule is CC(C)(C)[C@H](NC(=O)c1cc2cc(C(F)(F)P(=O)(O)O)ccc2s1)C(=O)N1C[C@@H](OCC(=O)NCCCCCC#Cc2ccc3c(c2)C(=O)N(C2CCC(=O)NC2=O)C3=O)C[C@H]1C(=O)N1CCC[C@H](c2ccccc2)C1. The number of nitrogens with zero attached hydrogens (tertiary/aromatic N) is 3. The Labute approximate surface area is 441 Å². The molecule has 3 fully saturated rings. The molecule has 1 unspecified atom stereocenters. The number of amides is 8. The number of piperidine rings is 2. The normalized spacial score (nSPS) is 20.5. The minimum absolute atomic E-state index is 0.0228. The number of unbranched alkanes of at least 4 members (excludes halogenated alkanes) is 3. The van der Waals surface area contributed by atoms with Crippen LogP contribution in [0.2, 0.25) is 0 Å². The zero-order chi connectivity index (χ0) is 54.7. The number of hydrogen-bond acceptors (Lipinski definition) is 11. The molecule has 3 aromatic carbocycles. The number of hydrogen-bond donors (Lipinski definition) is 5. The molecule has 4 aliphatic heterocycles. The van der Waals surface area contributed by atoms with E-state index < -0.39 is 89.8 Å². The highest BCUT2D eigenvalue weighted by molar-refractivity contribution is 7.52. The van der Waals surface area contributed by atoms with Crippen molar-refractivity contribution in [2.24, 2.45) is 5.41 Å². The summed E-state index contributed by atoms with van der Waals surface area (Å²) < 4.78 is 47.2. The number of ether oxygens (including phenoxy) is 1. The molecule has 18 nitrogen and oxygen atoms in total. The molecule has 0 bridgehead atoms. The number of alkyl halides is 2. The zero-order valence-corrected chi connectivity index (χ0v) is 43.9. The van der Waals surface area contributed by atoms with Crippen molar-refractivity contribution in [3.63, 3.8) is 0 Å². The lowest BCUT2D eigenvalue weighted by molar-refractivity contribution is -0.147. The van der Waals surface area contributed by atoms with Crippen LogP contribution in [0.1, 0.15) is 132 Å². The van der Waals surface area contributed by atoms with Gasteiger partial charge in [-0.1, -0.05) is 75.4 Å². The minimum Gasteiger partial charge on any atom is -0.366 e. The molecule has 402 valence electrons. The lowest BCUT2D eigenvalue weighted by Gasteiger charge is -2.38. The number of rotatable bonds is 16. The second-order valence-electron chi connectivity index (χ2n) is 20.6. The average molecular weight is 1090 g/mol. The lowest BCUT2D eigenvalue weighted by Crippen LogP contribution is -2.58. The largest absolute Gasteiger partial charge is 0.399 e. The van der Waals surface area contributed by atoms with Crippen LogP contribution in [0.25, 0.3) is 10.1 Å². The number of benzene rings is 3. The highest BCUT2D eigenvalue weighted by Crippen LogP contribution is 2.59. The summed E-state index contributed by atoms with van der Waals surface area (Å²) in [5.41, 5.74) is -4.35. The predicted molar refractivity (Wildman–Crippen MR) is 275 cm³/mol. The molecule has 76 heavy (non-hydrogen) atoms. The van der Waals surface area contributed by atoms with Gasteiger partial charge in [-0.25, -0.2) is 0 Å². The van der Waals surface area contributed by atoms with E-state index in [1.807, 2.05) is 30.3 Å². The minimum atomic E-state index is -5.85. The van der Waals surface area contributed by atoms with Crippen molar-refractivity contribution in [1.82, 2.24) is 30.7 Å². The summed E-state index contributed by atoms with van der Waals surface area (Å²) >= 11 is 0.946. The fourth-order valence-electron chi connectivity index (χ4n) is 10.0. The molecule has 5 N–H and O–H groups in total. The molecular formula is C54H59F2N6O12PS. The van der Waals surface area contributed by atoms with Crippen molar-refractivity contribution in [2.75, 3.05) is 32.8 Å². The number of carbonyl (C=O) groups is 8. The highest BCUT2D eigenvalue weighted by Gasteiger charge is 2.51. The van der Waals surface area contributed by atoms with Gasteiger partial charge in [0.1, 0.15) is 24.7 Å². The van der Waals surface area contributed by atoms with E-state index in [2.05, 4.69) is 27.8 Å². The summed E-state index contributed by atoms with van der Waals surface area (Å²) in [6, 6.07) is 15.6. The van der Waals surface area contributed by atoms with Crippen LogP contribution < -0.4 is 16.0 Å². The molecule has 4 aliphatic rings. The van der Waals surface area contributed by atoms with Crippen LogP contribution in [-0.4, -0.2) is 129 Å². The number of thiophene rings is 1. The smallest absolute Gasteiger partial charge is 0.366 e. The summed E-state index contributed by atoms with van der Waals surface area (Å²) in [7, 11) is -5.85. The molecule has 4 aromatic rings. The van der Waals surface area contributed by atoms with Crippen LogP contribution in [0, 0.1) is 17.3 Å². The van der Waals surface area contributed by atoms with Gasteiger partial charge >= 0.3 is 13.3 Å². The second-order valence-corrected chi connectivity index (χ2v) is 23.3. The number of halogens is 2. The highest BCUT2D eigenvalue weighted by atomic mass is 32.1. The first-order valence-corrected chi connectivity index (χ1v) is 27.6. The van der Waals surface area contributed by atoms with Crippen LogP contribution in [-0.2, 0) is 38.9 Å². The van der Waals surface area contributed by atoms with Crippen LogP contribution in [0.5, 0.6) is 0 Å². The third-order valence-electron chi connectivity index (χ3n) is 14.1. The third kappa shape index (κ3) is 12.3. The van der Waals surface area contributed by atoms with E-state index in [-0.39, 0.29) is 65.6 Å². The summed E-state index contributed by atoms with van der Waals surface area (Å²) in [5, 5.41) is 7.99. The van der Waals surface area contributed by atoms with Crippen molar-refractivity contribution in [3.8, 4) is 11.8 Å². The van der Waals surface area contributed by atoms with Crippen molar-refractivity contribution in [1.29, 1.82) is 0 Å². The number of likely N-dealkylation sites (tertiary alicyclic amines) is 2. The van der Waals surface area contributed by atoms with Gasteiger partial charge in [0.25, 0.3) is 17.7 Å². The lowest BCUT2D eigenvalue weighted by atomic mass is 9.85. The van der Waals surface area contributed by atoms with E-state index in [0.717, 1.165) is 53.2 Å². The Morgan fingerprint density at radius 2 is 1.67 bits per heavy atom. The standard InChI is InChI=1S/C54H59F2N6O12PS/c1-53(2,3)46(59-48(66)43-27-35-26-36(18-21-42(35)76-43)54(55,56)75(71,72)73)52(70)61-30-37(28-41(61)51(69)60-24-12-16-34(29-60)33-14-9-7-10-15-33)74-31-45(64)57-23-11-6-4-5-8-13-32-17-19-38-39(25-32)50(68)62(49(38)67)40-20-22-44(63)58-47(40)65/h7,9-10,14-15,17-19,21,25-27,34,37,40-41,46H,4-6,11-12,16,20,22-24,28-31H2,1-3H3,(H,57,64)(H,59,66)(H,58,63,65)(H2,71,72,73)/t34-,37-,40?,41-,46+/m0/s1. The fraction of sp³-hybridized carbons (Fsp3) is 0.444.